The number of rotatable bonds is 5. The number of hydrogen-bond donors (Lipinski definition) is 3. The molecule has 0 amide bonds. The highest BCUT2D eigenvalue weighted by Crippen LogP contribution is 2.21. The van der Waals surface area contributed by atoms with Gasteiger partial charge in [-0.25, -0.2) is 4.79 Å². The standard InChI is InChI=1S/C16H13NO4/c18-14(11-4-2-1-3-5-11)8-9-17-12-6-7-13(16(20)21)15(19)10-12/h1-10,17,19H,(H,20,21). The fourth-order valence-corrected chi connectivity index (χ4v) is 1.71. The Balaban J connectivity index is 2.03. The lowest BCUT2D eigenvalue weighted by atomic mass is 10.1. The predicted octanol–water partition coefficient (Wildman–Crippen LogP) is 2.90. The van der Waals surface area contributed by atoms with Gasteiger partial charge in [0.25, 0.3) is 0 Å². The van der Waals surface area contributed by atoms with Gasteiger partial charge in [-0.15, -0.1) is 0 Å². The Morgan fingerprint density at radius 1 is 1.05 bits per heavy atom. The molecule has 2 rings (SSSR count). The van der Waals surface area contributed by atoms with E-state index in [1.807, 2.05) is 6.07 Å². The van der Waals surface area contributed by atoms with Gasteiger partial charge in [0, 0.05) is 29.6 Å². The van der Waals surface area contributed by atoms with Crippen LogP contribution in [0, 0.1) is 0 Å². The highest BCUT2D eigenvalue weighted by atomic mass is 16.4. The fraction of sp³-hybridized carbons (Fsp3) is 0. The van der Waals surface area contributed by atoms with Crippen molar-refractivity contribution >= 4 is 17.4 Å². The van der Waals surface area contributed by atoms with E-state index in [9.17, 15) is 14.7 Å². The molecule has 0 aliphatic carbocycles. The summed E-state index contributed by atoms with van der Waals surface area (Å²) in [7, 11) is 0. The molecular formula is C16H13NO4. The first-order chi connectivity index (χ1) is 10.1. The Labute approximate surface area is 121 Å². The van der Waals surface area contributed by atoms with Gasteiger partial charge in [-0.05, 0) is 12.1 Å². The number of hydrogen-bond acceptors (Lipinski definition) is 4. The average molecular weight is 283 g/mol. The largest absolute Gasteiger partial charge is 0.507 e. The van der Waals surface area contributed by atoms with Crippen LogP contribution >= 0.6 is 0 Å². The number of nitrogens with one attached hydrogen (secondary N) is 1. The predicted molar refractivity (Wildman–Crippen MR) is 78.6 cm³/mol. The number of carbonyl (C=O) groups is 2. The van der Waals surface area contributed by atoms with Crippen molar-refractivity contribution in [3.8, 4) is 5.75 Å². The van der Waals surface area contributed by atoms with Gasteiger partial charge in [-0.1, -0.05) is 30.3 Å². The van der Waals surface area contributed by atoms with E-state index in [2.05, 4.69) is 5.32 Å². The van der Waals surface area contributed by atoms with E-state index in [-0.39, 0.29) is 17.1 Å². The zero-order valence-electron chi connectivity index (χ0n) is 11.0. The number of anilines is 1. The summed E-state index contributed by atoms with van der Waals surface area (Å²) in [5.41, 5.74) is 0.874. The molecule has 0 saturated carbocycles. The van der Waals surface area contributed by atoms with Gasteiger partial charge in [0.2, 0.25) is 0 Å². The van der Waals surface area contributed by atoms with Gasteiger partial charge in [-0.3, -0.25) is 4.79 Å². The molecule has 0 spiro atoms. The molecule has 0 aliphatic rings. The minimum atomic E-state index is -1.20. The third-order valence-electron chi connectivity index (χ3n) is 2.77. The van der Waals surface area contributed by atoms with E-state index < -0.39 is 5.97 Å². The summed E-state index contributed by atoms with van der Waals surface area (Å²) in [6.07, 6.45) is 2.79. The van der Waals surface area contributed by atoms with Crippen LogP contribution in [0.3, 0.4) is 0 Å². The molecule has 0 fully saturated rings. The Bertz CT molecular complexity index is 693. The molecule has 0 atom stereocenters. The minimum Gasteiger partial charge on any atom is -0.507 e. The van der Waals surface area contributed by atoms with E-state index in [0.717, 1.165) is 0 Å². The summed E-state index contributed by atoms with van der Waals surface area (Å²) in [6, 6.07) is 12.9. The van der Waals surface area contributed by atoms with Gasteiger partial charge >= 0.3 is 5.97 Å². The van der Waals surface area contributed by atoms with Crippen LogP contribution in [0.4, 0.5) is 5.69 Å². The highest BCUT2D eigenvalue weighted by molar-refractivity contribution is 6.04. The maximum atomic E-state index is 11.8. The van der Waals surface area contributed by atoms with Crippen molar-refractivity contribution in [3.63, 3.8) is 0 Å². The Hall–Kier alpha value is -3.08. The zero-order chi connectivity index (χ0) is 15.2. The number of ketones is 1. The molecule has 0 aromatic heterocycles. The fourth-order valence-electron chi connectivity index (χ4n) is 1.71. The molecule has 5 nitrogen and oxygen atoms in total. The molecule has 106 valence electrons. The molecule has 0 saturated heterocycles. The molecule has 0 aliphatic heterocycles. The first-order valence-corrected chi connectivity index (χ1v) is 6.16. The topological polar surface area (TPSA) is 86.6 Å². The quantitative estimate of drug-likeness (QED) is 0.580. The first kappa shape index (κ1) is 14.3. The highest BCUT2D eigenvalue weighted by Gasteiger charge is 2.09. The normalized spacial score (nSPS) is 10.5. The van der Waals surface area contributed by atoms with Crippen molar-refractivity contribution in [1.82, 2.24) is 0 Å². The Kier molecular flexibility index (Phi) is 4.36. The van der Waals surface area contributed by atoms with E-state index in [4.69, 9.17) is 5.11 Å². The molecule has 5 heteroatoms. The molecule has 21 heavy (non-hydrogen) atoms. The van der Waals surface area contributed by atoms with E-state index in [1.54, 1.807) is 24.3 Å². The summed E-state index contributed by atoms with van der Waals surface area (Å²) < 4.78 is 0. The Morgan fingerprint density at radius 3 is 2.38 bits per heavy atom. The lowest BCUT2D eigenvalue weighted by molar-refractivity contribution is 0.0693. The van der Waals surface area contributed by atoms with E-state index >= 15 is 0 Å². The summed E-state index contributed by atoms with van der Waals surface area (Å²) in [5, 5.41) is 21.1. The second-order valence-corrected chi connectivity index (χ2v) is 4.25. The number of aromatic carboxylic acids is 1. The van der Waals surface area contributed by atoms with Crippen LogP contribution in [0.1, 0.15) is 20.7 Å². The average Bonchev–Trinajstić information content (AvgIpc) is 2.47. The summed E-state index contributed by atoms with van der Waals surface area (Å²) in [4.78, 5) is 22.5. The van der Waals surface area contributed by atoms with Crippen molar-refractivity contribution in [2.45, 2.75) is 0 Å². The molecule has 0 radical (unpaired) electrons. The molecule has 0 unspecified atom stereocenters. The maximum Gasteiger partial charge on any atom is 0.339 e. The van der Waals surface area contributed by atoms with Crippen LogP contribution in [0.5, 0.6) is 5.75 Å². The number of carbonyl (C=O) groups excluding carboxylic acids is 1. The van der Waals surface area contributed by atoms with Gasteiger partial charge in [0.05, 0.1) is 0 Å². The SMILES string of the molecule is O=C(C=CNc1ccc(C(=O)O)c(O)c1)c1ccccc1. The zero-order valence-corrected chi connectivity index (χ0v) is 11.0. The third-order valence-corrected chi connectivity index (χ3v) is 2.77. The van der Waals surface area contributed by atoms with Crippen LogP contribution in [0.2, 0.25) is 0 Å². The summed E-state index contributed by atoms with van der Waals surface area (Å²) >= 11 is 0. The van der Waals surface area contributed by atoms with Gasteiger partial charge < -0.3 is 15.5 Å². The molecular weight excluding hydrogens is 270 g/mol. The smallest absolute Gasteiger partial charge is 0.339 e. The van der Waals surface area contributed by atoms with Gasteiger partial charge in [0.1, 0.15) is 11.3 Å². The lowest BCUT2D eigenvalue weighted by Crippen LogP contribution is -1.98. The van der Waals surface area contributed by atoms with Crippen LogP contribution in [0.15, 0.2) is 60.8 Å². The Morgan fingerprint density at radius 2 is 1.76 bits per heavy atom. The van der Waals surface area contributed by atoms with Crippen molar-refractivity contribution in [1.29, 1.82) is 0 Å². The van der Waals surface area contributed by atoms with Gasteiger partial charge in [0.15, 0.2) is 5.78 Å². The van der Waals surface area contributed by atoms with Crippen molar-refractivity contribution < 1.29 is 19.8 Å². The maximum absolute atomic E-state index is 11.8. The second-order valence-electron chi connectivity index (χ2n) is 4.25. The number of carboxylic acid groups (broad SMARTS) is 1. The van der Waals surface area contributed by atoms with Crippen molar-refractivity contribution in [3.05, 3.63) is 71.9 Å². The number of aromatic hydroxyl groups is 1. The number of allylic oxidation sites excluding steroid dienone is 1. The summed E-state index contributed by atoms with van der Waals surface area (Å²) in [5.74, 6) is -1.70. The third kappa shape index (κ3) is 3.70. The number of phenols is 1. The minimum absolute atomic E-state index is 0.158. The summed E-state index contributed by atoms with van der Waals surface area (Å²) in [6.45, 7) is 0. The molecule has 3 N–H and O–H groups in total. The van der Waals surface area contributed by atoms with Crippen LogP contribution in [-0.2, 0) is 0 Å². The molecule has 2 aromatic carbocycles. The first-order valence-electron chi connectivity index (χ1n) is 6.16. The number of benzene rings is 2. The van der Waals surface area contributed by atoms with Crippen LogP contribution in [0.25, 0.3) is 0 Å². The molecule has 0 bridgehead atoms. The molecule has 2 aromatic rings. The van der Waals surface area contributed by atoms with E-state index in [1.165, 1.54) is 30.5 Å². The second kappa shape index (κ2) is 6.38. The van der Waals surface area contributed by atoms with Crippen molar-refractivity contribution in [2.75, 3.05) is 5.32 Å². The molecule has 0 heterocycles. The van der Waals surface area contributed by atoms with Crippen molar-refractivity contribution in [2.24, 2.45) is 0 Å². The van der Waals surface area contributed by atoms with E-state index in [0.29, 0.717) is 11.3 Å². The lowest BCUT2D eigenvalue weighted by Gasteiger charge is -2.04. The van der Waals surface area contributed by atoms with Crippen LogP contribution in [-0.4, -0.2) is 22.0 Å². The number of carboxylic acids is 1. The monoisotopic (exact) mass is 283 g/mol. The van der Waals surface area contributed by atoms with Crippen LogP contribution < -0.4 is 5.32 Å². The van der Waals surface area contributed by atoms with Gasteiger partial charge in [-0.2, -0.15) is 0 Å².